The monoisotopic (exact) mass is 262 g/mol. The molecule has 3 rings (SSSR count). The molecule has 0 radical (unpaired) electrons. The molecule has 1 amide bonds. The Morgan fingerprint density at radius 2 is 2.11 bits per heavy atom. The Morgan fingerprint density at radius 1 is 1.32 bits per heavy atom. The van der Waals surface area contributed by atoms with Crippen LogP contribution in [-0.4, -0.2) is 31.5 Å². The van der Waals surface area contributed by atoms with Crippen molar-refractivity contribution in [2.75, 3.05) is 24.7 Å². The van der Waals surface area contributed by atoms with Crippen LogP contribution in [0.1, 0.15) is 18.4 Å². The predicted octanol–water partition coefficient (Wildman–Crippen LogP) is 1.65. The molecule has 1 atom stereocenters. The number of rotatable bonds is 2. The first kappa shape index (κ1) is 12.4. The molecule has 0 bridgehead atoms. The minimum Gasteiger partial charge on any atom is -0.438 e. The van der Waals surface area contributed by atoms with E-state index in [1.165, 1.54) is 0 Å². The lowest BCUT2D eigenvalue weighted by Crippen LogP contribution is -2.42. The van der Waals surface area contributed by atoms with Crippen LogP contribution in [-0.2, 0) is 16.0 Å². The van der Waals surface area contributed by atoms with Crippen LogP contribution in [0.2, 0.25) is 0 Å². The van der Waals surface area contributed by atoms with Crippen molar-refractivity contribution in [2.45, 2.75) is 25.0 Å². The summed E-state index contributed by atoms with van der Waals surface area (Å²) in [6.45, 7) is 2.32. The fourth-order valence-corrected chi connectivity index (χ4v) is 2.67. The Hall–Kier alpha value is -1.59. The van der Waals surface area contributed by atoms with Crippen LogP contribution in [0, 0.1) is 0 Å². The summed E-state index contributed by atoms with van der Waals surface area (Å²) in [5.41, 5.74) is 7.01. The minimum atomic E-state index is -0.456. The summed E-state index contributed by atoms with van der Waals surface area (Å²) >= 11 is 0. The number of carbonyl (C=O) groups excluding carboxylic acids is 1. The third kappa shape index (κ3) is 2.31. The quantitative estimate of drug-likeness (QED) is 0.880. The fourth-order valence-electron chi connectivity index (χ4n) is 2.67. The van der Waals surface area contributed by atoms with Crippen LogP contribution in [0.4, 0.5) is 10.5 Å². The summed E-state index contributed by atoms with van der Waals surface area (Å²) in [6, 6.07) is 7.69. The molecule has 2 aliphatic heterocycles. The molecule has 0 saturated carbocycles. The summed E-state index contributed by atoms with van der Waals surface area (Å²) in [4.78, 5) is 13.7. The molecule has 0 aromatic heterocycles. The topological polar surface area (TPSA) is 64.8 Å². The Kier molecular flexibility index (Phi) is 3.16. The predicted molar refractivity (Wildman–Crippen MR) is 70.9 cm³/mol. The zero-order valence-corrected chi connectivity index (χ0v) is 10.8. The maximum absolute atomic E-state index is 12.0. The van der Waals surface area contributed by atoms with E-state index >= 15 is 0 Å². The van der Waals surface area contributed by atoms with Gasteiger partial charge in [-0.25, -0.2) is 4.79 Å². The van der Waals surface area contributed by atoms with Crippen molar-refractivity contribution in [3.05, 3.63) is 29.8 Å². The number of carbonyl (C=O) groups is 1. The van der Waals surface area contributed by atoms with Gasteiger partial charge in [0.15, 0.2) is 5.60 Å². The molecule has 5 nitrogen and oxygen atoms in total. The van der Waals surface area contributed by atoms with Crippen LogP contribution in [0.3, 0.4) is 0 Å². The van der Waals surface area contributed by atoms with E-state index in [0.29, 0.717) is 19.7 Å². The number of anilines is 1. The molecule has 102 valence electrons. The number of amides is 1. The average molecular weight is 262 g/mol. The summed E-state index contributed by atoms with van der Waals surface area (Å²) < 4.78 is 11.0. The van der Waals surface area contributed by atoms with E-state index < -0.39 is 5.60 Å². The van der Waals surface area contributed by atoms with Crippen molar-refractivity contribution in [1.82, 2.24) is 0 Å². The molecule has 2 saturated heterocycles. The third-order valence-corrected chi connectivity index (χ3v) is 3.74. The number of nitrogens with two attached hydrogens (primary N) is 1. The Morgan fingerprint density at radius 3 is 2.74 bits per heavy atom. The third-order valence-electron chi connectivity index (χ3n) is 3.74. The van der Waals surface area contributed by atoms with Gasteiger partial charge in [0.25, 0.3) is 0 Å². The second-order valence-electron chi connectivity index (χ2n) is 5.16. The summed E-state index contributed by atoms with van der Waals surface area (Å²) in [7, 11) is 0. The van der Waals surface area contributed by atoms with Crippen molar-refractivity contribution in [3.63, 3.8) is 0 Å². The molecular formula is C14H18N2O3. The zero-order valence-electron chi connectivity index (χ0n) is 10.8. The van der Waals surface area contributed by atoms with Crippen molar-refractivity contribution >= 4 is 11.8 Å². The number of hydrogen-bond donors (Lipinski definition) is 1. The molecule has 0 aliphatic carbocycles. The average Bonchev–Trinajstić information content (AvgIpc) is 2.76. The van der Waals surface area contributed by atoms with Crippen LogP contribution in [0.25, 0.3) is 0 Å². The molecular weight excluding hydrogens is 244 g/mol. The lowest BCUT2D eigenvalue weighted by molar-refractivity contribution is -0.0643. The van der Waals surface area contributed by atoms with E-state index in [1.54, 1.807) is 4.90 Å². The summed E-state index contributed by atoms with van der Waals surface area (Å²) in [5.74, 6) is 0. The smallest absolute Gasteiger partial charge is 0.415 e. The SMILES string of the molecule is NCc1ccc(N2CC3(CCCOC3)OC2=O)cc1. The molecule has 1 aromatic rings. The zero-order chi connectivity index (χ0) is 13.3. The molecule has 2 heterocycles. The molecule has 5 heteroatoms. The Bertz CT molecular complexity index is 466. The lowest BCUT2D eigenvalue weighted by atomic mass is 9.96. The van der Waals surface area contributed by atoms with Gasteiger partial charge in [-0.1, -0.05) is 12.1 Å². The minimum absolute atomic E-state index is 0.286. The van der Waals surface area contributed by atoms with E-state index in [1.807, 2.05) is 24.3 Å². The maximum Gasteiger partial charge on any atom is 0.415 e. The van der Waals surface area contributed by atoms with Crippen LogP contribution in [0.15, 0.2) is 24.3 Å². The lowest BCUT2D eigenvalue weighted by Gasteiger charge is -2.30. The Balaban J connectivity index is 1.79. The molecule has 2 fully saturated rings. The van der Waals surface area contributed by atoms with Gasteiger partial charge in [-0.15, -0.1) is 0 Å². The second kappa shape index (κ2) is 4.83. The standard InChI is InChI=1S/C14H18N2O3/c15-8-11-2-4-12(5-3-11)16-9-14(19-13(16)17)6-1-7-18-10-14/h2-5H,1,6-10,15H2. The van der Waals surface area contributed by atoms with E-state index in [2.05, 4.69) is 0 Å². The van der Waals surface area contributed by atoms with Gasteiger partial charge in [-0.05, 0) is 30.5 Å². The number of benzene rings is 1. The van der Waals surface area contributed by atoms with Crippen LogP contribution in [0.5, 0.6) is 0 Å². The fraction of sp³-hybridized carbons (Fsp3) is 0.500. The number of hydrogen-bond acceptors (Lipinski definition) is 4. The number of ether oxygens (including phenoxy) is 2. The molecule has 1 aromatic carbocycles. The van der Waals surface area contributed by atoms with Crippen molar-refractivity contribution in [1.29, 1.82) is 0 Å². The highest BCUT2D eigenvalue weighted by atomic mass is 16.6. The first-order chi connectivity index (χ1) is 9.22. The number of nitrogens with zero attached hydrogens (tertiary/aromatic N) is 1. The second-order valence-corrected chi connectivity index (χ2v) is 5.16. The van der Waals surface area contributed by atoms with Crippen LogP contribution >= 0.6 is 0 Å². The molecule has 1 unspecified atom stereocenters. The maximum atomic E-state index is 12.0. The highest BCUT2D eigenvalue weighted by Crippen LogP contribution is 2.33. The molecule has 19 heavy (non-hydrogen) atoms. The highest BCUT2D eigenvalue weighted by molar-refractivity contribution is 5.90. The Labute approximate surface area is 112 Å². The van der Waals surface area contributed by atoms with Crippen molar-refractivity contribution in [2.24, 2.45) is 5.73 Å². The largest absolute Gasteiger partial charge is 0.438 e. The normalized spacial score (nSPS) is 26.8. The van der Waals surface area contributed by atoms with Gasteiger partial charge in [0.1, 0.15) is 0 Å². The van der Waals surface area contributed by atoms with E-state index in [4.69, 9.17) is 15.2 Å². The first-order valence-corrected chi connectivity index (χ1v) is 6.60. The molecule has 2 N–H and O–H groups in total. The van der Waals surface area contributed by atoms with E-state index in [-0.39, 0.29) is 6.09 Å². The van der Waals surface area contributed by atoms with Crippen LogP contribution < -0.4 is 10.6 Å². The van der Waals surface area contributed by atoms with Gasteiger partial charge >= 0.3 is 6.09 Å². The molecule has 2 aliphatic rings. The van der Waals surface area contributed by atoms with Crippen molar-refractivity contribution < 1.29 is 14.3 Å². The van der Waals surface area contributed by atoms with Crippen molar-refractivity contribution in [3.8, 4) is 0 Å². The van der Waals surface area contributed by atoms with Gasteiger partial charge < -0.3 is 15.2 Å². The molecule has 1 spiro atoms. The van der Waals surface area contributed by atoms with Gasteiger partial charge in [0.05, 0.1) is 13.2 Å². The highest BCUT2D eigenvalue weighted by Gasteiger charge is 2.46. The first-order valence-electron chi connectivity index (χ1n) is 6.60. The van der Waals surface area contributed by atoms with E-state index in [0.717, 1.165) is 30.7 Å². The summed E-state index contributed by atoms with van der Waals surface area (Å²) in [6.07, 6.45) is 1.52. The van der Waals surface area contributed by atoms with Gasteiger partial charge in [0, 0.05) is 18.8 Å². The van der Waals surface area contributed by atoms with Gasteiger partial charge in [-0.2, -0.15) is 0 Å². The van der Waals surface area contributed by atoms with E-state index in [9.17, 15) is 4.79 Å². The van der Waals surface area contributed by atoms with Gasteiger partial charge in [0.2, 0.25) is 0 Å². The summed E-state index contributed by atoms with van der Waals surface area (Å²) in [5, 5.41) is 0. The van der Waals surface area contributed by atoms with Gasteiger partial charge in [-0.3, -0.25) is 4.90 Å².